The minimum atomic E-state index is -2.34. The molecule has 1 N–H and O–H groups in total. The van der Waals surface area contributed by atoms with Crippen molar-refractivity contribution in [1.82, 2.24) is 5.32 Å². The molecule has 0 radical (unpaired) electrons. The van der Waals surface area contributed by atoms with Gasteiger partial charge in [-0.1, -0.05) is 49.4 Å². The topological polar surface area (TPSA) is 12.0 Å². The second-order valence-corrected chi connectivity index (χ2v) is 4.34. The van der Waals surface area contributed by atoms with Crippen molar-refractivity contribution < 1.29 is 8.78 Å². The smallest absolute Gasteiger partial charge is 0.254 e. The van der Waals surface area contributed by atoms with Gasteiger partial charge in [0.05, 0.1) is 6.04 Å². The maximum absolute atomic E-state index is 12.9. The highest BCUT2D eigenvalue weighted by molar-refractivity contribution is 5.85. The third-order valence-electron chi connectivity index (χ3n) is 3.09. The summed E-state index contributed by atoms with van der Waals surface area (Å²) in [6.45, 7) is 2.40. The first-order valence-corrected chi connectivity index (χ1v) is 6.20. The molecule has 0 aliphatic carbocycles. The lowest BCUT2D eigenvalue weighted by Gasteiger charge is -2.18. The summed E-state index contributed by atoms with van der Waals surface area (Å²) in [6.07, 6.45) is -1.99. The minimum absolute atomic E-state index is 0.354. The van der Waals surface area contributed by atoms with Crippen LogP contribution in [-0.2, 0) is 6.42 Å². The van der Waals surface area contributed by atoms with E-state index in [1.165, 1.54) is 0 Å². The molecular formula is C15H17F2N. The van der Waals surface area contributed by atoms with Crippen molar-refractivity contribution in [3.8, 4) is 0 Å². The molecule has 0 fully saturated rings. The Hall–Kier alpha value is -1.48. The normalized spacial score (nSPS) is 13.1. The number of fused-ring (bicyclic) bond motifs is 1. The van der Waals surface area contributed by atoms with Crippen LogP contribution in [0, 0.1) is 0 Å². The summed E-state index contributed by atoms with van der Waals surface area (Å²) in [5.41, 5.74) is 0.972. The molecule has 0 saturated carbocycles. The largest absolute Gasteiger partial charge is 0.309 e. The number of hydrogen-bond donors (Lipinski definition) is 1. The molecule has 96 valence electrons. The summed E-state index contributed by atoms with van der Waals surface area (Å²) in [7, 11) is 0. The van der Waals surface area contributed by atoms with E-state index in [0.29, 0.717) is 13.0 Å². The van der Waals surface area contributed by atoms with Gasteiger partial charge in [0, 0.05) is 0 Å². The fourth-order valence-electron chi connectivity index (χ4n) is 2.22. The first-order valence-electron chi connectivity index (χ1n) is 6.20. The van der Waals surface area contributed by atoms with Crippen LogP contribution in [0.1, 0.15) is 12.5 Å². The maximum atomic E-state index is 12.9. The van der Waals surface area contributed by atoms with Crippen molar-refractivity contribution in [3.05, 3.63) is 48.0 Å². The SMILES string of the molecule is CCNC(Cc1cccc2ccccc12)C(F)F. The summed E-state index contributed by atoms with van der Waals surface area (Å²) in [6, 6.07) is 13.0. The van der Waals surface area contributed by atoms with E-state index >= 15 is 0 Å². The van der Waals surface area contributed by atoms with Crippen LogP contribution < -0.4 is 5.32 Å². The number of halogens is 2. The second-order valence-electron chi connectivity index (χ2n) is 4.34. The zero-order valence-electron chi connectivity index (χ0n) is 10.4. The Kier molecular flexibility index (Phi) is 4.26. The highest BCUT2D eigenvalue weighted by Gasteiger charge is 2.20. The highest BCUT2D eigenvalue weighted by Crippen LogP contribution is 2.21. The molecule has 2 aromatic rings. The number of rotatable bonds is 5. The predicted molar refractivity (Wildman–Crippen MR) is 71.1 cm³/mol. The van der Waals surface area contributed by atoms with Crippen LogP contribution >= 0.6 is 0 Å². The van der Waals surface area contributed by atoms with E-state index in [0.717, 1.165) is 16.3 Å². The Bertz CT molecular complexity index is 505. The van der Waals surface area contributed by atoms with Gasteiger partial charge in [-0.15, -0.1) is 0 Å². The molecule has 0 amide bonds. The predicted octanol–water partition coefficient (Wildman–Crippen LogP) is 3.63. The van der Waals surface area contributed by atoms with Crippen molar-refractivity contribution in [3.63, 3.8) is 0 Å². The molecule has 3 heteroatoms. The van der Waals surface area contributed by atoms with Gasteiger partial charge in [0.1, 0.15) is 0 Å². The first-order chi connectivity index (χ1) is 8.72. The second kappa shape index (κ2) is 5.91. The summed E-state index contributed by atoms with van der Waals surface area (Å²) in [4.78, 5) is 0. The molecule has 2 rings (SSSR count). The van der Waals surface area contributed by atoms with E-state index < -0.39 is 12.5 Å². The average molecular weight is 249 g/mol. The summed E-state index contributed by atoms with van der Waals surface area (Å²) in [5.74, 6) is 0. The number of alkyl halides is 2. The van der Waals surface area contributed by atoms with Crippen molar-refractivity contribution >= 4 is 10.8 Å². The molecule has 18 heavy (non-hydrogen) atoms. The lowest BCUT2D eigenvalue weighted by atomic mass is 9.99. The quantitative estimate of drug-likeness (QED) is 0.853. The summed E-state index contributed by atoms with van der Waals surface area (Å²) < 4.78 is 25.8. The van der Waals surface area contributed by atoms with E-state index in [4.69, 9.17) is 0 Å². The van der Waals surface area contributed by atoms with E-state index in [2.05, 4.69) is 5.32 Å². The van der Waals surface area contributed by atoms with Gasteiger partial charge in [-0.2, -0.15) is 0 Å². The van der Waals surface area contributed by atoms with Crippen LogP contribution in [0.2, 0.25) is 0 Å². The molecular weight excluding hydrogens is 232 g/mol. The van der Waals surface area contributed by atoms with E-state index in [1.807, 2.05) is 49.4 Å². The molecule has 0 aliphatic rings. The van der Waals surface area contributed by atoms with Gasteiger partial charge in [-0.05, 0) is 29.3 Å². The first kappa shape index (κ1) is 13.0. The van der Waals surface area contributed by atoms with Crippen LogP contribution in [-0.4, -0.2) is 19.0 Å². The van der Waals surface area contributed by atoms with Crippen molar-refractivity contribution in [2.45, 2.75) is 25.8 Å². The van der Waals surface area contributed by atoms with E-state index in [1.54, 1.807) is 0 Å². The summed E-state index contributed by atoms with van der Waals surface area (Å²) in [5, 5.41) is 5.00. The lowest BCUT2D eigenvalue weighted by Crippen LogP contribution is -2.37. The third kappa shape index (κ3) is 2.85. The van der Waals surface area contributed by atoms with Crippen molar-refractivity contribution in [1.29, 1.82) is 0 Å². The Labute approximate surface area is 106 Å². The van der Waals surface area contributed by atoms with Gasteiger partial charge < -0.3 is 5.32 Å². The zero-order valence-corrected chi connectivity index (χ0v) is 10.4. The van der Waals surface area contributed by atoms with Gasteiger partial charge in [-0.25, -0.2) is 8.78 Å². The molecule has 1 unspecified atom stereocenters. The van der Waals surface area contributed by atoms with E-state index in [9.17, 15) is 8.78 Å². The van der Waals surface area contributed by atoms with Gasteiger partial charge >= 0.3 is 0 Å². The number of benzene rings is 2. The molecule has 0 aliphatic heterocycles. The lowest BCUT2D eigenvalue weighted by molar-refractivity contribution is 0.0992. The fourth-order valence-corrected chi connectivity index (χ4v) is 2.22. The molecule has 1 atom stereocenters. The highest BCUT2D eigenvalue weighted by atomic mass is 19.3. The molecule has 0 aromatic heterocycles. The Balaban J connectivity index is 2.30. The maximum Gasteiger partial charge on any atom is 0.254 e. The average Bonchev–Trinajstić information content (AvgIpc) is 2.38. The van der Waals surface area contributed by atoms with Crippen LogP contribution in [0.3, 0.4) is 0 Å². The number of hydrogen-bond acceptors (Lipinski definition) is 1. The van der Waals surface area contributed by atoms with Crippen LogP contribution in [0.5, 0.6) is 0 Å². The molecule has 2 aromatic carbocycles. The van der Waals surface area contributed by atoms with Gasteiger partial charge in [0.2, 0.25) is 0 Å². The molecule has 0 heterocycles. The van der Waals surface area contributed by atoms with Crippen LogP contribution in [0.4, 0.5) is 8.78 Å². The third-order valence-corrected chi connectivity index (χ3v) is 3.09. The van der Waals surface area contributed by atoms with E-state index in [-0.39, 0.29) is 0 Å². The fraction of sp³-hybridized carbons (Fsp3) is 0.333. The standard InChI is InChI=1S/C15H17F2N/c1-2-18-14(15(16)17)10-12-8-5-7-11-6-3-4-9-13(11)12/h3-9,14-15,18H,2,10H2,1H3. The molecule has 1 nitrogen and oxygen atoms in total. The Morgan fingerprint density at radius 2 is 1.78 bits per heavy atom. The van der Waals surface area contributed by atoms with Gasteiger partial charge in [0.25, 0.3) is 6.43 Å². The minimum Gasteiger partial charge on any atom is -0.309 e. The van der Waals surface area contributed by atoms with Gasteiger partial charge in [0.15, 0.2) is 0 Å². The Morgan fingerprint density at radius 3 is 2.50 bits per heavy atom. The number of nitrogens with one attached hydrogen (secondary N) is 1. The monoisotopic (exact) mass is 249 g/mol. The van der Waals surface area contributed by atoms with Crippen molar-refractivity contribution in [2.24, 2.45) is 0 Å². The van der Waals surface area contributed by atoms with Crippen LogP contribution in [0.25, 0.3) is 10.8 Å². The zero-order chi connectivity index (χ0) is 13.0. The summed E-state index contributed by atoms with van der Waals surface area (Å²) >= 11 is 0. The Morgan fingerprint density at radius 1 is 1.06 bits per heavy atom. The van der Waals surface area contributed by atoms with Crippen LogP contribution in [0.15, 0.2) is 42.5 Å². The number of likely N-dealkylation sites (N-methyl/N-ethyl adjacent to an activating group) is 1. The van der Waals surface area contributed by atoms with Gasteiger partial charge in [-0.3, -0.25) is 0 Å². The van der Waals surface area contributed by atoms with Crippen molar-refractivity contribution in [2.75, 3.05) is 6.54 Å². The molecule has 0 bridgehead atoms. The molecule has 0 saturated heterocycles. The molecule has 0 spiro atoms.